The molecular formula is C22H17Cl3N3Ru. The zero-order valence-electron chi connectivity index (χ0n) is 15.4. The molecule has 3 heterocycles. The van der Waals surface area contributed by atoms with Crippen molar-refractivity contribution in [3.63, 3.8) is 0 Å². The van der Waals surface area contributed by atoms with E-state index in [4.69, 9.17) is 34.1 Å². The van der Waals surface area contributed by atoms with Gasteiger partial charge in [0.25, 0.3) is 0 Å². The monoisotopic (exact) mass is 530 g/mol. The minimum atomic E-state index is -1.75. The molecule has 0 aliphatic rings. The third kappa shape index (κ3) is 6.59. The Hall–Kier alpha value is -1.84. The van der Waals surface area contributed by atoms with Crippen LogP contribution in [0.2, 0.25) is 0 Å². The number of nitrogens with zero attached hydrogens (tertiary/aromatic N) is 3. The molecule has 1 aromatic carbocycles. The second-order valence-corrected chi connectivity index (χ2v) is 14.0. The average Bonchev–Trinajstić information content (AvgIpc) is 2.75. The fourth-order valence-electron chi connectivity index (χ4n) is 2.73. The van der Waals surface area contributed by atoms with Crippen molar-refractivity contribution in [2.75, 3.05) is 0 Å². The summed E-state index contributed by atoms with van der Waals surface area (Å²) in [5.41, 5.74) is 6.91. The molecule has 0 radical (unpaired) electrons. The van der Waals surface area contributed by atoms with Crippen LogP contribution in [0.5, 0.6) is 0 Å². The van der Waals surface area contributed by atoms with Gasteiger partial charge in [-0.1, -0.05) is 42.0 Å². The first kappa shape index (κ1) is 21.9. The van der Waals surface area contributed by atoms with E-state index in [0.717, 1.165) is 33.9 Å². The van der Waals surface area contributed by atoms with Crippen LogP contribution in [-0.4, -0.2) is 15.0 Å². The van der Waals surface area contributed by atoms with Crippen LogP contribution in [0.25, 0.3) is 33.9 Å². The molecule has 0 spiro atoms. The Bertz CT molecular complexity index is 983. The third-order valence-electron chi connectivity index (χ3n) is 4.06. The number of pyridine rings is 3. The van der Waals surface area contributed by atoms with Crippen LogP contribution in [0.3, 0.4) is 0 Å². The van der Waals surface area contributed by atoms with Gasteiger partial charge in [0.15, 0.2) is 0 Å². The number of aromatic nitrogens is 3. The molecule has 0 aliphatic carbocycles. The molecule has 3 aromatic heterocycles. The van der Waals surface area contributed by atoms with Gasteiger partial charge in [0.1, 0.15) is 0 Å². The van der Waals surface area contributed by atoms with Gasteiger partial charge in [-0.3, -0.25) is 9.97 Å². The predicted octanol–water partition coefficient (Wildman–Crippen LogP) is 7.25. The second kappa shape index (κ2) is 10.8. The van der Waals surface area contributed by atoms with E-state index in [2.05, 4.69) is 53.3 Å². The first-order valence-electron chi connectivity index (χ1n) is 8.62. The number of hydrogen-bond donors (Lipinski definition) is 0. The summed E-state index contributed by atoms with van der Waals surface area (Å²) in [4.78, 5) is 13.7. The van der Waals surface area contributed by atoms with Crippen molar-refractivity contribution in [3.05, 3.63) is 90.8 Å². The van der Waals surface area contributed by atoms with Crippen LogP contribution in [0.4, 0.5) is 0 Å². The number of rotatable bonds is 3. The number of halogens is 3. The van der Waals surface area contributed by atoms with Gasteiger partial charge in [-0.2, -0.15) is 0 Å². The van der Waals surface area contributed by atoms with Crippen LogP contribution in [0.15, 0.2) is 85.2 Å². The molecule has 4 rings (SSSR count). The summed E-state index contributed by atoms with van der Waals surface area (Å²) in [7, 11) is 14.8. The van der Waals surface area contributed by atoms with E-state index in [9.17, 15) is 0 Å². The third-order valence-corrected chi connectivity index (χ3v) is 4.06. The molecule has 0 N–H and O–H groups in total. The van der Waals surface area contributed by atoms with Crippen molar-refractivity contribution in [2.24, 2.45) is 0 Å². The molecule has 0 bridgehead atoms. The van der Waals surface area contributed by atoms with Gasteiger partial charge in [-0.25, -0.2) is 4.98 Å². The molecule has 29 heavy (non-hydrogen) atoms. The normalized spacial score (nSPS) is 10.7. The molecule has 149 valence electrons. The van der Waals surface area contributed by atoms with Crippen LogP contribution in [-0.2, 0) is 13.0 Å². The zero-order chi connectivity index (χ0) is 20.6. The molecule has 3 nitrogen and oxygen atoms in total. The van der Waals surface area contributed by atoms with E-state index in [1.807, 2.05) is 36.4 Å². The average molecular weight is 531 g/mol. The van der Waals surface area contributed by atoms with Gasteiger partial charge in [-0.05, 0) is 54.4 Å². The minimum absolute atomic E-state index is 0.847. The van der Waals surface area contributed by atoms with E-state index in [-0.39, 0.29) is 0 Å². The Morgan fingerprint density at radius 2 is 1.10 bits per heavy atom. The van der Waals surface area contributed by atoms with Crippen molar-refractivity contribution < 1.29 is 13.0 Å². The number of hydrogen-bond acceptors (Lipinski definition) is 3. The van der Waals surface area contributed by atoms with E-state index in [1.54, 1.807) is 12.4 Å². The first-order valence-corrected chi connectivity index (χ1v) is 15.3. The Labute approximate surface area is 187 Å². The first-order chi connectivity index (χ1) is 14.0. The molecule has 0 saturated heterocycles. The molecule has 0 atom stereocenters. The topological polar surface area (TPSA) is 38.7 Å². The second-order valence-electron chi connectivity index (χ2n) is 6.07. The van der Waals surface area contributed by atoms with Crippen LogP contribution < -0.4 is 0 Å². The summed E-state index contributed by atoms with van der Waals surface area (Å²) in [6, 6.07) is 24.4. The Balaban J connectivity index is 0.000000552. The molecule has 4 aromatic rings. The zero-order valence-corrected chi connectivity index (χ0v) is 19.4. The molecule has 0 aliphatic heterocycles. The van der Waals surface area contributed by atoms with Crippen molar-refractivity contribution in [3.8, 4) is 33.9 Å². The predicted molar refractivity (Wildman–Crippen MR) is 118 cm³/mol. The summed E-state index contributed by atoms with van der Waals surface area (Å²) in [6.45, 7) is 2.09. The molecule has 0 unspecified atom stereocenters. The van der Waals surface area contributed by atoms with E-state index >= 15 is 0 Å². The number of benzene rings is 1. The van der Waals surface area contributed by atoms with E-state index < -0.39 is 13.0 Å². The molecular weight excluding hydrogens is 514 g/mol. The van der Waals surface area contributed by atoms with Crippen molar-refractivity contribution in [2.45, 2.75) is 6.92 Å². The van der Waals surface area contributed by atoms with Gasteiger partial charge in [-0.15, -0.1) is 0 Å². The Morgan fingerprint density at radius 1 is 0.621 bits per heavy atom. The van der Waals surface area contributed by atoms with Crippen LogP contribution >= 0.6 is 29.1 Å². The van der Waals surface area contributed by atoms with E-state index in [0.29, 0.717) is 0 Å². The molecule has 0 saturated carbocycles. The summed E-state index contributed by atoms with van der Waals surface area (Å²) in [5.74, 6) is 0. The molecule has 0 fully saturated rings. The maximum absolute atomic E-state index is 4.95. The Kier molecular flexibility index (Phi) is 8.14. The summed E-state index contributed by atoms with van der Waals surface area (Å²) >= 11 is -1.75. The van der Waals surface area contributed by atoms with Crippen LogP contribution in [0, 0.1) is 6.92 Å². The number of aryl methyl sites for hydroxylation is 1. The van der Waals surface area contributed by atoms with Gasteiger partial charge in [0.05, 0.1) is 22.8 Å². The maximum atomic E-state index is 4.95. The Morgan fingerprint density at radius 3 is 1.52 bits per heavy atom. The fourth-order valence-corrected chi connectivity index (χ4v) is 2.73. The van der Waals surface area contributed by atoms with Crippen molar-refractivity contribution in [1.29, 1.82) is 0 Å². The van der Waals surface area contributed by atoms with Gasteiger partial charge < -0.3 is 0 Å². The summed E-state index contributed by atoms with van der Waals surface area (Å²) in [6.07, 6.45) is 3.58. The van der Waals surface area contributed by atoms with Crippen LogP contribution in [0.1, 0.15) is 5.56 Å². The van der Waals surface area contributed by atoms with Crippen molar-refractivity contribution in [1.82, 2.24) is 15.0 Å². The van der Waals surface area contributed by atoms with Gasteiger partial charge in [0.2, 0.25) is 0 Å². The summed E-state index contributed by atoms with van der Waals surface area (Å²) < 4.78 is 0. The molecule has 7 heteroatoms. The standard InChI is InChI=1S/C22H17N3.3ClH.Ru/c1-16-8-10-17(11-9-16)18-14-21(19-6-2-4-12-23-19)25-22(15-18)20-7-3-5-13-24-20;;;;/h2-15H,1H3;3*1H;/q;;;;+3/p-3. The summed E-state index contributed by atoms with van der Waals surface area (Å²) in [5, 5.41) is 0. The van der Waals surface area contributed by atoms with Gasteiger partial charge >= 0.3 is 42.1 Å². The van der Waals surface area contributed by atoms with Crippen molar-refractivity contribution >= 4 is 29.1 Å². The fraction of sp³-hybridized carbons (Fsp3) is 0.0455. The molecule has 0 amide bonds. The van der Waals surface area contributed by atoms with E-state index in [1.165, 1.54) is 5.56 Å². The SMILES string of the molecule is Cc1ccc(-c2cc(-c3ccccn3)nc(-c3ccccn3)c2)cc1.[Cl][Ru]([Cl])[Cl]. The quantitative estimate of drug-likeness (QED) is 0.262. The van der Waals surface area contributed by atoms with Gasteiger partial charge in [0, 0.05) is 12.4 Å².